The fourth-order valence-electron chi connectivity index (χ4n) is 7.07. The number of benzene rings is 3. The van der Waals surface area contributed by atoms with Gasteiger partial charge in [0.1, 0.15) is 11.2 Å². The minimum atomic E-state index is -4.37. The maximum atomic E-state index is 14.7. The van der Waals surface area contributed by atoms with Crippen molar-refractivity contribution in [3.8, 4) is 5.75 Å². The molecule has 0 aromatic heterocycles. The second-order valence-electron chi connectivity index (χ2n) is 12.7. The molecule has 1 atom stereocenters. The molecule has 0 N–H and O–H groups in total. The Morgan fingerprint density at radius 3 is 1.98 bits per heavy atom. The molecule has 8 heteroatoms. The van der Waals surface area contributed by atoms with E-state index in [1.807, 2.05) is 45.0 Å². The lowest BCUT2D eigenvalue weighted by atomic mass is 9.58. The van der Waals surface area contributed by atoms with Crippen LogP contribution in [0.25, 0.3) is 11.1 Å². The number of Topliss-reactive ketones (excluding diaryl/α,β-unsaturated/α-hetero) is 2. The molecular weight excluding hydrogens is 550 g/mol. The Labute approximate surface area is 246 Å². The molecular formula is C34H33NO6S. The summed E-state index contributed by atoms with van der Waals surface area (Å²) in [5.74, 6) is -0.650. The van der Waals surface area contributed by atoms with Crippen LogP contribution in [-0.2, 0) is 24.4 Å². The van der Waals surface area contributed by atoms with Gasteiger partial charge in [-0.3, -0.25) is 14.4 Å². The molecule has 42 heavy (non-hydrogen) atoms. The monoisotopic (exact) mass is 583 g/mol. The van der Waals surface area contributed by atoms with Gasteiger partial charge >= 0.3 is 0 Å². The second-order valence-corrected chi connectivity index (χ2v) is 14.4. The summed E-state index contributed by atoms with van der Waals surface area (Å²) >= 11 is 0. The van der Waals surface area contributed by atoms with Crippen molar-refractivity contribution in [1.82, 2.24) is 0 Å². The van der Waals surface area contributed by atoms with Crippen LogP contribution in [0, 0.1) is 23.2 Å². The van der Waals surface area contributed by atoms with Gasteiger partial charge in [-0.2, -0.15) is 0 Å². The molecule has 0 saturated heterocycles. The van der Waals surface area contributed by atoms with E-state index >= 15 is 0 Å². The zero-order valence-electron chi connectivity index (χ0n) is 24.4. The molecule has 1 spiro atoms. The van der Waals surface area contributed by atoms with Gasteiger partial charge in [0.15, 0.2) is 11.6 Å². The predicted molar refractivity (Wildman–Crippen MR) is 160 cm³/mol. The van der Waals surface area contributed by atoms with Crippen LogP contribution in [-0.4, -0.2) is 33.0 Å². The first-order valence-electron chi connectivity index (χ1n) is 14.0. The van der Waals surface area contributed by atoms with Gasteiger partial charge in [0.25, 0.3) is 15.9 Å². The normalized spacial score (nSPS) is 22.8. The second kappa shape index (κ2) is 9.23. The Morgan fingerprint density at radius 1 is 0.786 bits per heavy atom. The van der Waals surface area contributed by atoms with Crippen molar-refractivity contribution in [1.29, 1.82) is 0 Å². The molecule has 3 aliphatic rings. The van der Waals surface area contributed by atoms with Crippen LogP contribution in [0.3, 0.4) is 0 Å². The van der Waals surface area contributed by atoms with Crippen LogP contribution in [0.1, 0.15) is 56.7 Å². The highest BCUT2D eigenvalue weighted by Crippen LogP contribution is 2.67. The number of anilines is 1. The number of carbonyl (C=O) groups is 3. The van der Waals surface area contributed by atoms with Gasteiger partial charge in [0, 0.05) is 18.4 Å². The fourth-order valence-corrected chi connectivity index (χ4v) is 8.60. The highest BCUT2D eigenvalue weighted by molar-refractivity contribution is 7.93. The average molecular weight is 584 g/mol. The molecule has 1 amide bonds. The van der Waals surface area contributed by atoms with Crippen molar-refractivity contribution in [3.05, 3.63) is 89.5 Å². The number of para-hydroxylation sites is 1. The van der Waals surface area contributed by atoms with Crippen molar-refractivity contribution in [2.45, 2.75) is 51.9 Å². The summed E-state index contributed by atoms with van der Waals surface area (Å²) in [5, 5.41) is 0. The molecule has 7 nitrogen and oxygen atoms in total. The number of allylic oxidation sites excluding steroid dienone is 1. The maximum absolute atomic E-state index is 14.7. The zero-order valence-corrected chi connectivity index (χ0v) is 25.2. The molecule has 6 rings (SSSR count). The minimum Gasteiger partial charge on any atom is -0.497 e. The van der Waals surface area contributed by atoms with Gasteiger partial charge in [-0.1, -0.05) is 61.9 Å². The van der Waals surface area contributed by atoms with Gasteiger partial charge in [0.2, 0.25) is 0 Å². The summed E-state index contributed by atoms with van der Waals surface area (Å²) in [6.07, 6.45) is 0.246. The number of rotatable bonds is 4. The molecule has 1 aliphatic heterocycles. The predicted octanol–water partition coefficient (Wildman–Crippen LogP) is 6.00. The van der Waals surface area contributed by atoms with E-state index in [9.17, 15) is 22.8 Å². The number of carbonyl (C=O) groups excluding carboxylic acids is 3. The molecule has 3 aromatic carbocycles. The fraction of sp³-hybridized carbons (Fsp3) is 0.324. The quantitative estimate of drug-likeness (QED) is 0.349. The van der Waals surface area contributed by atoms with Gasteiger partial charge in [-0.15, -0.1) is 0 Å². The van der Waals surface area contributed by atoms with E-state index in [4.69, 9.17) is 4.74 Å². The number of ketones is 2. The van der Waals surface area contributed by atoms with Crippen LogP contribution >= 0.6 is 0 Å². The zero-order chi connectivity index (χ0) is 30.2. The van der Waals surface area contributed by atoms with Crippen LogP contribution < -0.4 is 9.04 Å². The van der Waals surface area contributed by atoms with Gasteiger partial charge in [0.05, 0.1) is 23.1 Å². The van der Waals surface area contributed by atoms with E-state index in [-0.39, 0.29) is 41.4 Å². The van der Waals surface area contributed by atoms with Gasteiger partial charge in [-0.25, -0.2) is 12.7 Å². The van der Waals surface area contributed by atoms with Crippen LogP contribution in [0.2, 0.25) is 0 Å². The Balaban J connectivity index is 1.66. The molecule has 1 unspecified atom stereocenters. The number of aryl methyl sites for hydroxylation is 1. The first-order chi connectivity index (χ1) is 19.8. The molecule has 1 heterocycles. The maximum Gasteiger partial charge on any atom is 0.270 e. The van der Waals surface area contributed by atoms with Crippen molar-refractivity contribution in [2.75, 3.05) is 11.4 Å². The summed E-state index contributed by atoms with van der Waals surface area (Å²) in [4.78, 5) is 43.1. The lowest BCUT2D eigenvalue weighted by Crippen LogP contribution is -2.52. The van der Waals surface area contributed by atoms with Crippen LogP contribution in [0.15, 0.2) is 77.7 Å². The number of sulfonamides is 1. The SMILES string of the molecule is COc1ccc(S(=O)(=O)N2C(=O)C3(C)CC4(C(=O)CC(C)(C)CC4=O)C(c4ccc(C)cc4)=C3c3ccccc32)cc1. The van der Waals surface area contributed by atoms with E-state index in [1.54, 1.807) is 31.2 Å². The smallest absolute Gasteiger partial charge is 0.270 e. The third kappa shape index (κ3) is 3.84. The number of fused-ring (bicyclic) bond motifs is 3. The molecule has 0 bridgehead atoms. The third-order valence-corrected chi connectivity index (χ3v) is 10.8. The van der Waals surface area contributed by atoms with E-state index in [2.05, 4.69) is 0 Å². The molecule has 1 saturated carbocycles. The van der Waals surface area contributed by atoms with E-state index in [1.165, 1.54) is 31.4 Å². The van der Waals surface area contributed by atoms with Gasteiger partial charge < -0.3 is 4.74 Å². The van der Waals surface area contributed by atoms with Crippen molar-refractivity contribution < 1.29 is 27.5 Å². The van der Waals surface area contributed by atoms with Crippen LogP contribution in [0.5, 0.6) is 5.75 Å². The number of ether oxygens (including phenoxy) is 1. The first kappa shape index (κ1) is 28.1. The van der Waals surface area contributed by atoms with E-state index in [0.29, 0.717) is 28.0 Å². The summed E-state index contributed by atoms with van der Waals surface area (Å²) < 4.78 is 34.4. The number of hydrogen-bond acceptors (Lipinski definition) is 6. The number of nitrogens with zero attached hydrogens (tertiary/aromatic N) is 1. The minimum absolute atomic E-state index is 0.0690. The highest BCUT2D eigenvalue weighted by Gasteiger charge is 2.67. The van der Waals surface area contributed by atoms with E-state index < -0.39 is 32.2 Å². The Bertz CT molecular complexity index is 1780. The Kier molecular flexibility index (Phi) is 6.17. The van der Waals surface area contributed by atoms with Crippen molar-refractivity contribution in [2.24, 2.45) is 16.2 Å². The molecule has 216 valence electrons. The Morgan fingerprint density at radius 2 is 1.38 bits per heavy atom. The summed E-state index contributed by atoms with van der Waals surface area (Å²) in [5.41, 5.74) is -0.0278. The van der Waals surface area contributed by atoms with Crippen molar-refractivity contribution >= 4 is 44.3 Å². The Hall–Kier alpha value is -4.04. The van der Waals surface area contributed by atoms with Crippen molar-refractivity contribution in [3.63, 3.8) is 0 Å². The standard InChI is InChI=1S/C34H33NO6S/c1-21-10-12-22(13-11-21)29-30-25-8-6-7-9-26(25)35(42(39,40)24-16-14-23(41-5)15-17-24)31(38)33(30,4)20-34(29)27(36)18-32(2,3)19-28(34)37/h6-17H,18-20H2,1-5H3. The molecule has 1 fully saturated rings. The van der Waals surface area contributed by atoms with Gasteiger partial charge in [-0.05, 0) is 72.7 Å². The molecule has 2 aliphatic carbocycles. The number of methoxy groups -OCH3 is 1. The summed E-state index contributed by atoms with van der Waals surface area (Å²) in [7, 11) is -2.88. The third-order valence-electron chi connectivity index (χ3n) is 9.06. The topological polar surface area (TPSA) is 97.8 Å². The highest BCUT2D eigenvalue weighted by atomic mass is 32.2. The first-order valence-corrected chi connectivity index (χ1v) is 15.4. The lowest BCUT2D eigenvalue weighted by molar-refractivity contribution is -0.145. The number of amides is 1. The molecule has 3 aromatic rings. The summed E-state index contributed by atoms with van der Waals surface area (Å²) in [6.45, 7) is 7.45. The summed E-state index contributed by atoms with van der Waals surface area (Å²) in [6, 6.07) is 20.3. The van der Waals surface area contributed by atoms with E-state index in [0.717, 1.165) is 9.87 Å². The van der Waals surface area contributed by atoms with Crippen LogP contribution in [0.4, 0.5) is 5.69 Å². The average Bonchev–Trinajstić information content (AvgIpc) is 3.24. The number of hydrogen-bond donors (Lipinski definition) is 0. The largest absolute Gasteiger partial charge is 0.497 e. The molecule has 0 radical (unpaired) electrons. The lowest BCUT2D eigenvalue weighted by Gasteiger charge is -2.42.